The van der Waals surface area contributed by atoms with Gasteiger partial charge in [-0.3, -0.25) is 4.68 Å². The third-order valence-electron chi connectivity index (χ3n) is 7.25. The van der Waals surface area contributed by atoms with Crippen molar-refractivity contribution >= 4 is 11.0 Å². The Hall–Kier alpha value is -3.40. The minimum atomic E-state index is -4.64. The quantitative estimate of drug-likeness (QED) is 0.288. The monoisotopic (exact) mass is 511 g/mol. The van der Waals surface area contributed by atoms with Gasteiger partial charge in [-0.2, -0.15) is 18.3 Å². The lowest BCUT2D eigenvalue weighted by molar-refractivity contribution is -0.137. The normalized spacial score (nSPS) is 20.5. The number of ether oxygens (including phenoxy) is 1. The van der Waals surface area contributed by atoms with E-state index in [1.54, 1.807) is 6.92 Å². The van der Waals surface area contributed by atoms with Crippen LogP contribution in [0, 0.1) is 19.7 Å². The molecule has 192 valence electrons. The molecule has 2 fully saturated rings. The fraction of sp³-hybridized carbons (Fsp3) is 0.407. The van der Waals surface area contributed by atoms with E-state index in [0.29, 0.717) is 54.0 Å². The van der Waals surface area contributed by atoms with E-state index in [-0.39, 0.29) is 23.3 Å². The number of fused-ring (bicyclic) bond motifs is 1. The van der Waals surface area contributed by atoms with Gasteiger partial charge in [0.05, 0.1) is 40.8 Å². The van der Waals surface area contributed by atoms with Crippen molar-refractivity contribution in [3.63, 3.8) is 0 Å². The maximum atomic E-state index is 15.1. The first-order valence-electron chi connectivity index (χ1n) is 12.4. The van der Waals surface area contributed by atoms with Crippen molar-refractivity contribution in [2.75, 3.05) is 6.61 Å². The molecule has 6 rings (SSSR count). The van der Waals surface area contributed by atoms with Gasteiger partial charge in [-0.15, -0.1) is 0 Å². The van der Waals surface area contributed by atoms with E-state index in [4.69, 9.17) is 9.72 Å². The van der Waals surface area contributed by atoms with Crippen LogP contribution in [-0.2, 0) is 10.9 Å². The van der Waals surface area contributed by atoms with Crippen molar-refractivity contribution in [3.8, 4) is 11.3 Å². The summed E-state index contributed by atoms with van der Waals surface area (Å²) in [4.78, 5) is 14.0. The molecule has 37 heavy (non-hydrogen) atoms. The van der Waals surface area contributed by atoms with Gasteiger partial charge in [0.1, 0.15) is 17.0 Å². The number of nitrogens with zero attached hydrogens (tertiary/aromatic N) is 5. The summed E-state index contributed by atoms with van der Waals surface area (Å²) in [5.74, 6) is -1.01. The number of hydrogen-bond acceptors (Lipinski definition) is 5. The molecular formula is C27H25F4N5O. The molecule has 0 bridgehead atoms. The third kappa shape index (κ3) is 4.58. The van der Waals surface area contributed by atoms with Crippen LogP contribution in [0.25, 0.3) is 22.3 Å². The van der Waals surface area contributed by atoms with Gasteiger partial charge in [-0.05, 0) is 63.8 Å². The minimum Gasteiger partial charge on any atom is -0.373 e. The molecule has 2 atom stereocenters. The van der Waals surface area contributed by atoms with E-state index in [0.717, 1.165) is 36.2 Å². The summed E-state index contributed by atoms with van der Waals surface area (Å²) >= 11 is 0. The van der Waals surface area contributed by atoms with Crippen LogP contribution in [0.5, 0.6) is 0 Å². The predicted molar refractivity (Wildman–Crippen MR) is 128 cm³/mol. The van der Waals surface area contributed by atoms with E-state index in [1.165, 1.54) is 0 Å². The number of halogens is 4. The molecule has 1 saturated heterocycles. The first-order valence-corrected chi connectivity index (χ1v) is 12.4. The standard InChI is InChI=1S/C27H25F4N5O/c1-14-15(2)34-26-23(33-14)11-22(35-25(26)20-6-3-18(10-21(20)28)27(29,30)31)16-7-8-37-24(9-16)17-12-32-36(13-17)19-4-5-19/h3,6,10-13,16,19,24H,4-5,7-9H2,1-2H3/t16-,24+/m0/s1. The molecule has 0 amide bonds. The second kappa shape index (κ2) is 8.86. The van der Waals surface area contributed by atoms with Crippen LogP contribution in [0.3, 0.4) is 0 Å². The Morgan fingerprint density at radius 1 is 1.00 bits per heavy atom. The predicted octanol–water partition coefficient (Wildman–Crippen LogP) is 6.63. The molecule has 0 radical (unpaired) electrons. The third-order valence-corrected chi connectivity index (χ3v) is 7.25. The van der Waals surface area contributed by atoms with Gasteiger partial charge >= 0.3 is 6.18 Å². The van der Waals surface area contributed by atoms with Crippen LogP contribution in [0.4, 0.5) is 17.6 Å². The summed E-state index contributed by atoms with van der Waals surface area (Å²) in [5.41, 5.74) is 3.08. The average Bonchev–Trinajstić information content (AvgIpc) is 3.60. The molecule has 4 aromatic rings. The molecule has 0 unspecified atom stereocenters. The Labute approximate surface area is 210 Å². The second-order valence-electron chi connectivity index (χ2n) is 9.92. The van der Waals surface area contributed by atoms with Gasteiger partial charge in [0.2, 0.25) is 0 Å². The Balaban J connectivity index is 1.41. The van der Waals surface area contributed by atoms with Gasteiger partial charge in [0, 0.05) is 35.5 Å². The summed E-state index contributed by atoms with van der Waals surface area (Å²) in [6, 6.07) is 4.84. The number of rotatable bonds is 4. The number of aryl methyl sites for hydroxylation is 2. The highest BCUT2D eigenvalue weighted by Crippen LogP contribution is 2.41. The highest BCUT2D eigenvalue weighted by atomic mass is 19.4. The summed E-state index contributed by atoms with van der Waals surface area (Å²) in [7, 11) is 0. The number of aromatic nitrogens is 5. The highest BCUT2D eigenvalue weighted by Gasteiger charge is 2.33. The lowest BCUT2D eigenvalue weighted by Crippen LogP contribution is -2.19. The summed E-state index contributed by atoms with van der Waals surface area (Å²) in [6.07, 6.45) is 2.73. The molecule has 1 aromatic carbocycles. The second-order valence-corrected chi connectivity index (χ2v) is 9.92. The van der Waals surface area contributed by atoms with Crippen molar-refractivity contribution in [1.82, 2.24) is 24.7 Å². The molecule has 1 aliphatic heterocycles. The maximum absolute atomic E-state index is 15.1. The maximum Gasteiger partial charge on any atom is 0.416 e. The van der Waals surface area contributed by atoms with Crippen LogP contribution >= 0.6 is 0 Å². The number of hydrogen-bond donors (Lipinski definition) is 0. The first-order chi connectivity index (χ1) is 17.7. The Morgan fingerprint density at radius 2 is 1.78 bits per heavy atom. The van der Waals surface area contributed by atoms with Crippen molar-refractivity contribution < 1.29 is 22.3 Å². The Bertz CT molecular complexity index is 1490. The van der Waals surface area contributed by atoms with Gasteiger partial charge in [-0.25, -0.2) is 19.3 Å². The van der Waals surface area contributed by atoms with E-state index >= 15 is 4.39 Å². The van der Waals surface area contributed by atoms with Crippen LogP contribution in [0.15, 0.2) is 36.7 Å². The van der Waals surface area contributed by atoms with Gasteiger partial charge in [-0.1, -0.05) is 0 Å². The summed E-state index contributed by atoms with van der Waals surface area (Å²) in [6.45, 7) is 4.14. The minimum absolute atomic E-state index is 0.00732. The molecule has 6 nitrogen and oxygen atoms in total. The number of benzene rings is 1. The molecule has 10 heteroatoms. The Morgan fingerprint density at radius 3 is 2.51 bits per heavy atom. The average molecular weight is 512 g/mol. The van der Waals surface area contributed by atoms with E-state index in [1.807, 2.05) is 30.1 Å². The lowest BCUT2D eigenvalue weighted by atomic mass is 9.89. The molecule has 0 N–H and O–H groups in total. The molecule has 1 aliphatic carbocycles. The number of alkyl halides is 3. The summed E-state index contributed by atoms with van der Waals surface area (Å²) in [5, 5.41) is 4.48. The number of pyridine rings is 1. The molecule has 2 aliphatic rings. The molecule has 4 heterocycles. The van der Waals surface area contributed by atoms with Gasteiger partial charge in [0.15, 0.2) is 0 Å². The zero-order chi connectivity index (χ0) is 25.9. The smallest absolute Gasteiger partial charge is 0.373 e. The van der Waals surface area contributed by atoms with E-state index < -0.39 is 17.6 Å². The molecule has 0 spiro atoms. The molecular weight excluding hydrogens is 486 g/mol. The topological polar surface area (TPSA) is 65.7 Å². The zero-order valence-corrected chi connectivity index (χ0v) is 20.4. The SMILES string of the molecule is Cc1nc2cc([C@H]3CCO[C@@H](c4cnn(C5CC5)c4)C3)nc(-c3ccc(C(F)(F)F)cc3F)c2nc1C. The summed E-state index contributed by atoms with van der Waals surface area (Å²) < 4.78 is 62.6. The van der Waals surface area contributed by atoms with Crippen LogP contribution < -0.4 is 0 Å². The van der Waals surface area contributed by atoms with Gasteiger partial charge in [0.25, 0.3) is 0 Å². The van der Waals surface area contributed by atoms with Crippen LogP contribution in [0.1, 0.15) is 72.0 Å². The van der Waals surface area contributed by atoms with Crippen molar-refractivity contribution in [2.45, 2.75) is 63.8 Å². The van der Waals surface area contributed by atoms with Crippen LogP contribution in [-0.4, -0.2) is 31.3 Å². The van der Waals surface area contributed by atoms with Crippen molar-refractivity contribution in [2.24, 2.45) is 0 Å². The lowest BCUT2D eigenvalue weighted by Gasteiger charge is -2.29. The first kappa shape index (κ1) is 24.0. The van der Waals surface area contributed by atoms with Crippen molar-refractivity contribution in [1.29, 1.82) is 0 Å². The molecule has 3 aromatic heterocycles. The van der Waals surface area contributed by atoms with Crippen LogP contribution in [0.2, 0.25) is 0 Å². The highest BCUT2D eigenvalue weighted by molar-refractivity contribution is 5.90. The van der Waals surface area contributed by atoms with Crippen molar-refractivity contribution in [3.05, 3.63) is 70.7 Å². The van der Waals surface area contributed by atoms with E-state index in [2.05, 4.69) is 15.1 Å². The van der Waals surface area contributed by atoms with Gasteiger partial charge < -0.3 is 4.74 Å². The Kier molecular flexibility index (Phi) is 5.74. The fourth-order valence-electron chi connectivity index (χ4n) is 4.89. The largest absolute Gasteiger partial charge is 0.416 e. The molecule has 1 saturated carbocycles. The zero-order valence-electron chi connectivity index (χ0n) is 20.4. The fourth-order valence-corrected chi connectivity index (χ4v) is 4.89. The van der Waals surface area contributed by atoms with E-state index in [9.17, 15) is 13.2 Å².